The van der Waals surface area contributed by atoms with Crippen molar-refractivity contribution in [2.75, 3.05) is 13.8 Å². The highest BCUT2D eigenvalue weighted by atomic mass is 16.5. The smallest absolute Gasteiger partial charge is 0.207 e. The van der Waals surface area contributed by atoms with Crippen LogP contribution in [0.2, 0.25) is 0 Å². The van der Waals surface area contributed by atoms with Crippen molar-refractivity contribution >= 4 is 5.90 Å². The number of rotatable bonds is 1. The first-order chi connectivity index (χ1) is 3.83. The quantitative estimate of drug-likeness (QED) is 0.499. The molecule has 0 saturated heterocycles. The van der Waals surface area contributed by atoms with E-state index < -0.39 is 0 Å². The molecule has 0 bridgehead atoms. The van der Waals surface area contributed by atoms with E-state index in [2.05, 4.69) is 5.10 Å². The minimum atomic E-state index is 0.614. The molecule has 0 aromatic rings. The van der Waals surface area contributed by atoms with E-state index in [0.29, 0.717) is 6.73 Å². The summed E-state index contributed by atoms with van der Waals surface area (Å²) in [6.45, 7) is 2.64. The molecule has 1 aliphatic heterocycles. The Bertz CT molecular complexity index is 111. The molecule has 8 heavy (non-hydrogen) atoms. The second kappa shape index (κ2) is 2.03. The van der Waals surface area contributed by atoms with Gasteiger partial charge in [0.1, 0.15) is 0 Å². The SMILES string of the molecule is CCC1=NN(C)CO1. The van der Waals surface area contributed by atoms with E-state index in [1.807, 2.05) is 14.0 Å². The fraction of sp³-hybridized carbons (Fsp3) is 0.800. The number of hydrogen-bond acceptors (Lipinski definition) is 3. The van der Waals surface area contributed by atoms with Gasteiger partial charge in [-0.2, -0.15) is 0 Å². The third kappa shape index (κ3) is 0.911. The molecule has 3 nitrogen and oxygen atoms in total. The zero-order valence-corrected chi connectivity index (χ0v) is 5.22. The Morgan fingerprint density at radius 1 is 1.88 bits per heavy atom. The van der Waals surface area contributed by atoms with E-state index in [9.17, 15) is 0 Å². The van der Waals surface area contributed by atoms with E-state index in [4.69, 9.17) is 4.74 Å². The molecule has 0 radical (unpaired) electrons. The maximum Gasteiger partial charge on any atom is 0.207 e. The zero-order valence-electron chi connectivity index (χ0n) is 5.22. The van der Waals surface area contributed by atoms with Crippen LogP contribution in [0.5, 0.6) is 0 Å². The summed E-state index contributed by atoms with van der Waals surface area (Å²) in [7, 11) is 1.89. The van der Waals surface area contributed by atoms with Gasteiger partial charge in [-0.25, -0.2) is 0 Å². The Hall–Kier alpha value is -0.730. The third-order valence-corrected chi connectivity index (χ3v) is 1.00. The summed E-state index contributed by atoms with van der Waals surface area (Å²) < 4.78 is 5.09. The Balaban J connectivity index is 2.44. The van der Waals surface area contributed by atoms with E-state index >= 15 is 0 Å². The van der Waals surface area contributed by atoms with Crippen molar-refractivity contribution in [3.63, 3.8) is 0 Å². The second-order valence-corrected chi connectivity index (χ2v) is 1.78. The molecule has 1 rings (SSSR count). The van der Waals surface area contributed by atoms with Gasteiger partial charge in [-0.3, -0.25) is 5.01 Å². The van der Waals surface area contributed by atoms with Gasteiger partial charge < -0.3 is 4.74 Å². The summed E-state index contributed by atoms with van der Waals surface area (Å²) in [6.07, 6.45) is 0.893. The van der Waals surface area contributed by atoms with Crippen molar-refractivity contribution in [2.45, 2.75) is 13.3 Å². The summed E-state index contributed by atoms with van der Waals surface area (Å²) in [5.74, 6) is 0.840. The van der Waals surface area contributed by atoms with Gasteiger partial charge in [0.15, 0.2) is 6.73 Å². The van der Waals surface area contributed by atoms with Crippen LogP contribution in [0, 0.1) is 0 Å². The van der Waals surface area contributed by atoms with Crippen LogP contribution in [0.4, 0.5) is 0 Å². The summed E-state index contributed by atoms with van der Waals surface area (Å²) >= 11 is 0. The molecule has 0 saturated carbocycles. The average Bonchev–Trinajstić information content (AvgIpc) is 2.14. The average molecular weight is 114 g/mol. The van der Waals surface area contributed by atoms with Gasteiger partial charge >= 0.3 is 0 Å². The lowest BCUT2D eigenvalue weighted by Gasteiger charge is -1.98. The molecule has 1 heterocycles. The first-order valence-electron chi connectivity index (χ1n) is 2.74. The molecular weight excluding hydrogens is 104 g/mol. The molecule has 0 amide bonds. The maximum absolute atomic E-state index is 5.09. The first-order valence-corrected chi connectivity index (χ1v) is 2.74. The minimum Gasteiger partial charge on any atom is -0.457 e. The first kappa shape index (κ1) is 5.41. The van der Waals surface area contributed by atoms with Gasteiger partial charge in [0.05, 0.1) is 0 Å². The van der Waals surface area contributed by atoms with Crippen molar-refractivity contribution in [1.82, 2.24) is 5.01 Å². The van der Waals surface area contributed by atoms with Crippen molar-refractivity contribution < 1.29 is 4.74 Å². The number of ether oxygens (including phenoxy) is 1. The van der Waals surface area contributed by atoms with Crippen LogP contribution >= 0.6 is 0 Å². The number of hydrogen-bond donors (Lipinski definition) is 0. The zero-order chi connectivity index (χ0) is 5.98. The Labute approximate surface area is 48.9 Å². The van der Waals surface area contributed by atoms with Gasteiger partial charge in [-0.05, 0) is 0 Å². The molecule has 0 atom stereocenters. The summed E-state index contributed by atoms with van der Waals surface area (Å²) in [4.78, 5) is 0. The van der Waals surface area contributed by atoms with Crippen molar-refractivity contribution in [2.24, 2.45) is 5.10 Å². The topological polar surface area (TPSA) is 24.8 Å². The minimum absolute atomic E-state index is 0.614. The van der Waals surface area contributed by atoms with E-state index in [-0.39, 0.29) is 0 Å². The molecule has 46 valence electrons. The van der Waals surface area contributed by atoms with Crippen molar-refractivity contribution in [1.29, 1.82) is 0 Å². The Kier molecular flexibility index (Phi) is 1.37. The lowest BCUT2D eigenvalue weighted by molar-refractivity contribution is 0.196. The number of nitrogens with zero attached hydrogens (tertiary/aromatic N) is 2. The molecule has 0 unspecified atom stereocenters. The van der Waals surface area contributed by atoms with Crippen LogP contribution in [0.1, 0.15) is 13.3 Å². The molecule has 0 spiro atoms. The summed E-state index contributed by atoms with van der Waals surface area (Å²) in [6, 6.07) is 0. The predicted molar refractivity (Wildman–Crippen MR) is 31.4 cm³/mol. The van der Waals surface area contributed by atoms with E-state index in [1.54, 1.807) is 5.01 Å². The highest BCUT2D eigenvalue weighted by molar-refractivity contribution is 5.76. The molecule has 0 fully saturated rings. The highest BCUT2D eigenvalue weighted by Crippen LogP contribution is 2.00. The van der Waals surface area contributed by atoms with Crippen molar-refractivity contribution in [3.05, 3.63) is 0 Å². The molecule has 3 heteroatoms. The Morgan fingerprint density at radius 3 is 2.88 bits per heavy atom. The van der Waals surface area contributed by atoms with Crippen LogP contribution in [0.15, 0.2) is 5.10 Å². The van der Waals surface area contributed by atoms with Crippen LogP contribution in [-0.4, -0.2) is 24.7 Å². The molecule has 0 N–H and O–H groups in total. The van der Waals surface area contributed by atoms with Gasteiger partial charge in [-0.15, -0.1) is 5.10 Å². The van der Waals surface area contributed by atoms with Gasteiger partial charge in [0, 0.05) is 13.5 Å². The largest absolute Gasteiger partial charge is 0.457 e. The van der Waals surface area contributed by atoms with Crippen LogP contribution in [0.25, 0.3) is 0 Å². The third-order valence-electron chi connectivity index (χ3n) is 1.00. The lowest BCUT2D eigenvalue weighted by Crippen LogP contribution is -2.06. The lowest BCUT2D eigenvalue weighted by atomic mass is 10.5. The molecule has 0 aliphatic carbocycles. The highest BCUT2D eigenvalue weighted by Gasteiger charge is 2.07. The van der Waals surface area contributed by atoms with Crippen LogP contribution in [0.3, 0.4) is 0 Å². The molecule has 1 aliphatic rings. The van der Waals surface area contributed by atoms with Crippen molar-refractivity contribution in [3.8, 4) is 0 Å². The maximum atomic E-state index is 5.09. The van der Waals surface area contributed by atoms with E-state index in [1.165, 1.54) is 0 Å². The fourth-order valence-corrected chi connectivity index (χ4v) is 0.589. The molecular formula is C5H10N2O. The normalized spacial score (nSPS) is 18.2. The van der Waals surface area contributed by atoms with Crippen LogP contribution in [-0.2, 0) is 4.74 Å². The number of hydrazone groups is 1. The van der Waals surface area contributed by atoms with E-state index in [0.717, 1.165) is 12.3 Å². The van der Waals surface area contributed by atoms with Gasteiger partial charge in [0.25, 0.3) is 0 Å². The van der Waals surface area contributed by atoms with Crippen LogP contribution < -0.4 is 0 Å². The predicted octanol–water partition coefficient (Wildman–Crippen LogP) is 0.629. The summed E-state index contributed by atoms with van der Waals surface area (Å²) in [5.41, 5.74) is 0. The Morgan fingerprint density at radius 2 is 2.62 bits per heavy atom. The second-order valence-electron chi connectivity index (χ2n) is 1.78. The molecule has 0 aromatic carbocycles. The standard InChI is InChI=1S/C5H10N2O/c1-3-5-6-7(2)4-8-5/h3-4H2,1-2H3. The fourth-order valence-electron chi connectivity index (χ4n) is 0.589. The molecule has 0 aromatic heterocycles. The monoisotopic (exact) mass is 114 g/mol. The summed E-state index contributed by atoms with van der Waals surface area (Å²) in [5, 5.41) is 5.81. The van der Waals surface area contributed by atoms with Gasteiger partial charge in [-0.1, -0.05) is 6.92 Å². The van der Waals surface area contributed by atoms with Gasteiger partial charge in [0.2, 0.25) is 5.90 Å².